The van der Waals surface area contributed by atoms with Crippen LogP contribution in [0, 0.1) is 90.5 Å². The van der Waals surface area contributed by atoms with Gasteiger partial charge in [-0.1, -0.05) is 0 Å². The molecule has 17 heteroatoms. The second-order valence-electron chi connectivity index (χ2n) is 0.894. The second kappa shape index (κ2) is 23.5. The Labute approximate surface area is 111 Å². The van der Waals surface area contributed by atoms with Crippen LogP contribution in [0.4, 0.5) is 0 Å². The Hall–Kier alpha value is -2.21. The van der Waals surface area contributed by atoms with Crippen LogP contribution in [0.3, 0.4) is 0 Å². The van der Waals surface area contributed by atoms with E-state index in [2.05, 4.69) is 0 Å². The van der Waals surface area contributed by atoms with E-state index < -0.39 is 20.3 Å². The van der Waals surface area contributed by atoms with E-state index >= 15 is 0 Å². The first-order valence-electron chi connectivity index (χ1n) is 2.19. The molecule has 0 fully saturated rings. The third-order valence-corrected chi connectivity index (χ3v) is 0. The van der Waals surface area contributed by atoms with Gasteiger partial charge >= 0.3 is 0 Å². The van der Waals surface area contributed by atoms with Gasteiger partial charge in [0.15, 0.2) is 0 Å². The molecule has 0 heterocycles. The van der Waals surface area contributed by atoms with E-state index in [0.717, 1.165) is 0 Å². The van der Waals surface area contributed by atoms with Gasteiger partial charge in [0.1, 0.15) is 0 Å². The van der Waals surface area contributed by atoms with Crippen molar-refractivity contribution >= 4 is 0 Å². The Morgan fingerprint density at radius 2 is 0.412 bits per heavy atom. The molecule has 0 N–H and O–H groups in total. The fourth-order valence-corrected chi connectivity index (χ4v) is 0. The van der Waals surface area contributed by atoms with Crippen molar-refractivity contribution in [3.8, 4) is 0 Å². The van der Waals surface area contributed by atoms with Crippen LogP contribution in [0.25, 0.3) is 0 Å². The number of nitrogens with zero attached hydrogens (tertiary/aromatic N) is 4. The van der Waals surface area contributed by atoms with E-state index in [0.29, 0.717) is 0 Å². The zero-order chi connectivity index (χ0) is 14.3. The minimum Gasteiger partial charge on any atom is -0.356 e. The summed E-state index contributed by atoms with van der Waals surface area (Å²) < 4.78 is 0. The molecule has 0 spiro atoms. The molecule has 0 amide bonds. The predicted molar refractivity (Wildman–Crippen MR) is 41.4 cm³/mol. The molecule has 0 atom stereocenters. The average Bonchev–Trinajstić information content (AvgIpc) is 1.76. The number of rotatable bonds is 0. The van der Waals surface area contributed by atoms with E-state index in [-0.39, 0.29) is 29.2 Å². The van der Waals surface area contributed by atoms with Gasteiger partial charge in [-0.2, -0.15) is 0 Å². The molecule has 0 aliphatic carbocycles. The zero-order valence-corrected chi connectivity index (χ0v) is 10.5. The third-order valence-electron chi connectivity index (χ3n) is 0. The number of hydrogen-bond donors (Lipinski definition) is 0. The van der Waals surface area contributed by atoms with Gasteiger partial charge in [-0.15, -0.1) is 0 Å². The maximum Gasteiger partial charge on any atom is 0.0689 e. The zero-order valence-electron chi connectivity index (χ0n) is 7.10. The van der Waals surface area contributed by atoms with Crippen LogP contribution in [-0.4, -0.2) is 20.3 Å². The van der Waals surface area contributed by atoms with Crippen molar-refractivity contribution in [3.05, 3.63) is 61.3 Å². The van der Waals surface area contributed by atoms with Crippen LogP contribution in [0.2, 0.25) is 0 Å². The quantitative estimate of drug-likeness (QED) is 0.297. The van der Waals surface area contributed by atoms with Crippen molar-refractivity contribution in [1.29, 1.82) is 0 Å². The fourth-order valence-electron chi connectivity index (χ4n) is 0. The van der Waals surface area contributed by atoms with Gasteiger partial charge in [0.2, 0.25) is 0 Å². The summed E-state index contributed by atoms with van der Waals surface area (Å²) in [6, 6.07) is 0. The van der Waals surface area contributed by atoms with Crippen molar-refractivity contribution in [3.63, 3.8) is 0 Å². The molecule has 0 rings (SSSR count). The summed E-state index contributed by atoms with van der Waals surface area (Å²) >= 11 is 0. The van der Waals surface area contributed by atoms with Crippen molar-refractivity contribution in [2.45, 2.75) is 0 Å². The van der Waals surface area contributed by atoms with Gasteiger partial charge < -0.3 is 61.3 Å². The van der Waals surface area contributed by atoms with Crippen molar-refractivity contribution < 1.29 is 49.5 Å². The molecule has 17 heavy (non-hydrogen) atoms. The Kier molecular flexibility index (Phi) is 40.6. The first-order chi connectivity index (χ1) is 6.93. The largest absolute Gasteiger partial charge is 0.356 e. The normalized spacial score (nSPS) is 5.65. The summed E-state index contributed by atoms with van der Waals surface area (Å²) in [5, 5.41) is 59.0. The standard InChI is InChI=1S/4NO3.Pu/c4*2-1(3)4;/q4*-1;/i;;;;1-7. The van der Waals surface area contributed by atoms with Gasteiger partial charge in [-0.05, 0) is 0 Å². The van der Waals surface area contributed by atoms with Crippen molar-refractivity contribution in [2.75, 3.05) is 0 Å². The van der Waals surface area contributed by atoms with Crippen LogP contribution in [0.1, 0.15) is 0 Å². The molecular weight excluding hydrogens is 485 g/mol. The Bertz CT molecular complexity index is 159. The first-order valence-corrected chi connectivity index (χ1v) is 2.19. The molecule has 0 aliphatic rings. The van der Waals surface area contributed by atoms with Crippen LogP contribution < -0.4 is 0 Å². The molecular formula is N4O12Pu-4. The van der Waals surface area contributed by atoms with Crippen molar-refractivity contribution in [2.24, 2.45) is 0 Å². The average molecular weight is 485 g/mol. The molecule has 0 aromatic carbocycles. The van der Waals surface area contributed by atoms with E-state index in [1.807, 2.05) is 0 Å². The van der Waals surface area contributed by atoms with E-state index in [4.69, 9.17) is 61.3 Å². The Morgan fingerprint density at radius 3 is 0.412 bits per heavy atom. The van der Waals surface area contributed by atoms with E-state index in [1.54, 1.807) is 0 Å². The molecule has 0 aromatic heterocycles. The van der Waals surface area contributed by atoms with Crippen molar-refractivity contribution in [1.82, 2.24) is 0 Å². The molecule has 102 valence electrons. The maximum atomic E-state index is 8.25. The minimum absolute atomic E-state index is 0. The maximum absolute atomic E-state index is 8.25. The van der Waals surface area contributed by atoms with Gasteiger partial charge in [0.25, 0.3) is 0 Å². The van der Waals surface area contributed by atoms with Gasteiger partial charge in [-0.3, -0.25) is 0 Å². The van der Waals surface area contributed by atoms with Crippen LogP contribution >= 0.6 is 0 Å². The summed E-state index contributed by atoms with van der Waals surface area (Å²) in [5.74, 6) is 0. The molecule has 0 aliphatic heterocycles. The molecule has 0 unspecified atom stereocenters. The first kappa shape index (κ1) is 29.3. The summed E-state index contributed by atoms with van der Waals surface area (Å²) in [7, 11) is 0. The van der Waals surface area contributed by atoms with Gasteiger partial charge in [0.05, 0.1) is 20.3 Å². The third kappa shape index (κ3) is 391. The molecule has 0 radical (unpaired) electrons. The number of hydrogen-bond acceptors (Lipinski definition) is 12. The van der Waals surface area contributed by atoms with E-state index in [1.165, 1.54) is 0 Å². The summed E-state index contributed by atoms with van der Waals surface area (Å²) in [5.41, 5.74) is 0. The van der Waals surface area contributed by atoms with E-state index in [9.17, 15) is 0 Å². The smallest absolute Gasteiger partial charge is 0.0689 e. The molecule has 16 nitrogen and oxygen atoms in total. The van der Waals surface area contributed by atoms with Crippen LogP contribution in [0.5, 0.6) is 0 Å². The molecule has 0 saturated carbocycles. The summed E-state index contributed by atoms with van der Waals surface area (Å²) in [6.45, 7) is 0. The van der Waals surface area contributed by atoms with Crippen LogP contribution in [-0.2, 0) is 0 Å². The second-order valence-corrected chi connectivity index (χ2v) is 0.894. The molecule has 0 aromatic rings. The fraction of sp³-hybridized carbons (Fsp3) is 0. The predicted octanol–water partition coefficient (Wildman–Crippen LogP) is -0.956. The van der Waals surface area contributed by atoms with Gasteiger partial charge in [-0.25, -0.2) is 0 Å². The Morgan fingerprint density at radius 1 is 0.412 bits per heavy atom. The SMILES string of the molecule is O=[N+]([O-])[O-].O=[N+]([O-])[O-].O=[N+]([O-])[O-].O=[N+]([O-])[O-].[237Pu]. The van der Waals surface area contributed by atoms with Crippen LogP contribution in [0.15, 0.2) is 0 Å². The Balaban J connectivity index is -0.0000000369. The van der Waals surface area contributed by atoms with Gasteiger partial charge in [0, 0.05) is 29.2 Å². The summed E-state index contributed by atoms with van der Waals surface area (Å²) in [4.78, 5) is 33.0. The molecule has 0 saturated heterocycles. The summed E-state index contributed by atoms with van der Waals surface area (Å²) in [6.07, 6.45) is 0. The molecule has 0 bridgehead atoms. The monoisotopic (exact) mass is 485 g/mol. The minimum atomic E-state index is -1.75. The topological polar surface area (TPSA) is 265 Å².